The summed E-state index contributed by atoms with van der Waals surface area (Å²) in [5, 5.41) is 0. The Morgan fingerprint density at radius 2 is 1.90 bits per heavy atom. The minimum absolute atomic E-state index is 0.190. The zero-order valence-corrected chi connectivity index (χ0v) is 13.3. The van der Waals surface area contributed by atoms with Crippen molar-refractivity contribution in [2.75, 3.05) is 0 Å². The van der Waals surface area contributed by atoms with Gasteiger partial charge in [0.15, 0.2) is 0 Å². The zero-order chi connectivity index (χ0) is 14.4. The van der Waals surface area contributed by atoms with E-state index in [9.17, 15) is 0 Å². The van der Waals surface area contributed by atoms with Gasteiger partial charge in [-0.25, -0.2) is 0 Å². The first-order valence-corrected chi connectivity index (χ1v) is 7.69. The lowest BCUT2D eigenvalue weighted by molar-refractivity contribution is 0.306. The third kappa shape index (κ3) is 4.36. The second kappa shape index (κ2) is 7.46. The first-order chi connectivity index (χ1) is 9.69. The van der Waals surface area contributed by atoms with Crippen LogP contribution in [0.15, 0.2) is 53.0 Å². The molecule has 2 rings (SSSR count). The van der Waals surface area contributed by atoms with Gasteiger partial charge in [0.05, 0.1) is 0 Å². The highest BCUT2D eigenvalue weighted by Crippen LogP contribution is 2.24. The highest BCUT2D eigenvalue weighted by molar-refractivity contribution is 9.10. The van der Waals surface area contributed by atoms with Crippen molar-refractivity contribution in [2.24, 2.45) is 5.73 Å². The maximum atomic E-state index is 6.03. The Morgan fingerprint density at radius 1 is 1.15 bits per heavy atom. The summed E-state index contributed by atoms with van der Waals surface area (Å²) in [7, 11) is 0. The second-order valence-corrected chi connectivity index (χ2v) is 5.75. The average molecular weight is 334 g/mol. The molecule has 0 spiro atoms. The molecule has 0 aliphatic rings. The fourth-order valence-corrected chi connectivity index (χ4v) is 2.37. The molecule has 0 saturated carbocycles. The lowest BCUT2D eigenvalue weighted by atomic mass is 10.0. The number of ether oxygens (including phenoxy) is 1. The summed E-state index contributed by atoms with van der Waals surface area (Å²) < 4.78 is 6.93. The Hall–Kier alpha value is -1.32. The van der Waals surface area contributed by atoms with E-state index < -0.39 is 0 Å². The number of rotatable bonds is 6. The maximum Gasteiger partial charge on any atom is 0.120 e. The van der Waals surface area contributed by atoms with E-state index in [1.807, 2.05) is 30.3 Å². The van der Waals surface area contributed by atoms with E-state index >= 15 is 0 Å². The summed E-state index contributed by atoms with van der Waals surface area (Å²) >= 11 is 3.57. The van der Waals surface area contributed by atoms with Crippen LogP contribution in [0.1, 0.15) is 24.5 Å². The van der Waals surface area contributed by atoms with Crippen molar-refractivity contribution in [2.45, 2.75) is 32.4 Å². The van der Waals surface area contributed by atoms with Gasteiger partial charge in [0.2, 0.25) is 0 Å². The van der Waals surface area contributed by atoms with Crippen molar-refractivity contribution in [3.63, 3.8) is 0 Å². The molecular weight excluding hydrogens is 314 g/mol. The van der Waals surface area contributed by atoms with Gasteiger partial charge in [-0.2, -0.15) is 0 Å². The van der Waals surface area contributed by atoms with Gasteiger partial charge in [-0.1, -0.05) is 53.2 Å². The van der Waals surface area contributed by atoms with Crippen LogP contribution in [-0.4, -0.2) is 6.04 Å². The zero-order valence-electron chi connectivity index (χ0n) is 11.7. The van der Waals surface area contributed by atoms with Crippen LogP contribution in [0.2, 0.25) is 0 Å². The van der Waals surface area contributed by atoms with E-state index in [0.717, 1.165) is 23.1 Å². The standard InChI is InChI=1S/C17H20BrNO/c1-2-15(19)10-14-11-16(8-9-17(14)18)20-12-13-6-4-3-5-7-13/h3-9,11,15H,2,10,12,19H2,1H3. The number of benzene rings is 2. The predicted octanol–water partition coefficient (Wildman–Crippen LogP) is 4.31. The first kappa shape index (κ1) is 15.1. The monoisotopic (exact) mass is 333 g/mol. The number of hydrogen-bond acceptors (Lipinski definition) is 2. The Bertz CT molecular complexity index is 542. The Morgan fingerprint density at radius 3 is 2.60 bits per heavy atom. The van der Waals surface area contributed by atoms with Crippen molar-refractivity contribution in [1.82, 2.24) is 0 Å². The first-order valence-electron chi connectivity index (χ1n) is 6.89. The van der Waals surface area contributed by atoms with E-state index in [4.69, 9.17) is 10.5 Å². The van der Waals surface area contributed by atoms with Crippen molar-refractivity contribution in [1.29, 1.82) is 0 Å². The molecule has 0 fully saturated rings. The molecule has 0 radical (unpaired) electrons. The third-order valence-corrected chi connectivity index (χ3v) is 4.05. The van der Waals surface area contributed by atoms with Crippen molar-refractivity contribution >= 4 is 15.9 Å². The summed E-state index contributed by atoms with van der Waals surface area (Å²) in [4.78, 5) is 0. The summed E-state index contributed by atoms with van der Waals surface area (Å²) in [6.45, 7) is 2.69. The van der Waals surface area contributed by atoms with Crippen LogP contribution >= 0.6 is 15.9 Å². The fraction of sp³-hybridized carbons (Fsp3) is 0.294. The summed E-state index contributed by atoms with van der Waals surface area (Å²) in [6, 6.07) is 16.4. The Kier molecular flexibility index (Phi) is 5.62. The quantitative estimate of drug-likeness (QED) is 0.854. The fourth-order valence-electron chi connectivity index (χ4n) is 1.97. The largest absolute Gasteiger partial charge is 0.489 e. The average Bonchev–Trinajstić information content (AvgIpc) is 2.49. The van der Waals surface area contributed by atoms with E-state index in [1.54, 1.807) is 0 Å². The van der Waals surface area contributed by atoms with Gasteiger partial charge >= 0.3 is 0 Å². The highest BCUT2D eigenvalue weighted by Gasteiger charge is 2.07. The van der Waals surface area contributed by atoms with Crippen LogP contribution in [0.25, 0.3) is 0 Å². The van der Waals surface area contributed by atoms with Gasteiger partial charge in [0.1, 0.15) is 12.4 Å². The van der Waals surface area contributed by atoms with Crippen molar-refractivity contribution in [3.8, 4) is 5.75 Å². The van der Waals surface area contributed by atoms with Gasteiger partial charge in [-0.3, -0.25) is 0 Å². The Labute approximate surface area is 129 Å². The molecule has 1 unspecified atom stereocenters. The Balaban J connectivity index is 2.03. The van der Waals surface area contributed by atoms with Crippen LogP contribution in [0, 0.1) is 0 Å². The molecule has 0 heterocycles. The van der Waals surface area contributed by atoms with Crippen LogP contribution < -0.4 is 10.5 Å². The molecule has 0 aromatic heterocycles. The van der Waals surface area contributed by atoms with Crippen LogP contribution in [-0.2, 0) is 13.0 Å². The normalized spacial score (nSPS) is 12.2. The van der Waals surface area contributed by atoms with E-state index in [0.29, 0.717) is 6.61 Å². The maximum absolute atomic E-state index is 6.03. The van der Waals surface area contributed by atoms with Crippen LogP contribution in [0.4, 0.5) is 0 Å². The van der Waals surface area contributed by atoms with Gasteiger partial charge < -0.3 is 10.5 Å². The van der Waals surface area contributed by atoms with Gasteiger partial charge in [-0.05, 0) is 42.2 Å². The highest BCUT2D eigenvalue weighted by atomic mass is 79.9. The summed E-state index contributed by atoms with van der Waals surface area (Å²) in [5.41, 5.74) is 8.40. The van der Waals surface area contributed by atoms with Crippen molar-refractivity contribution in [3.05, 3.63) is 64.1 Å². The molecule has 2 nitrogen and oxygen atoms in total. The number of nitrogens with two attached hydrogens (primary N) is 1. The molecule has 0 amide bonds. The smallest absolute Gasteiger partial charge is 0.120 e. The molecule has 2 aromatic rings. The van der Waals surface area contributed by atoms with Gasteiger partial charge in [-0.15, -0.1) is 0 Å². The lowest BCUT2D eigenvalue weighted by Crippen LogP contribution is -2.21. The predicted molar refractivity (Wildman–Crippen MR) is 86.9 cm³/mol. The summed E-state index contributed by atoms with van der Waals surface area (Å²) in [6.07, 6.45) is 1.83. The SMILES string of the molecule is CCC(N)Cc1cc(OCc2ccccc2)ccc1Br. The third-order valence-electron chi connectivity index (χ3n) is 3.27. The van der Waals surface area contributed by atoms with Gasteiger partial charge in [0.25, 0.3) is 0 Å². The van der Waals surface area contributed by atoms with E-state index in [1.165, 1.54) is 11.1 Å². The van der Waals surface area contributed by atoms with E-state index in [2.05, 4.69) is 41.1 Å². The molecule has 106 valence electrons. The molecule has 0 saturated heterocycles. The number of halogens is 1. The molecule has 3 heteroatoms. The minimum atomic E-state index is 0.190. The molecule has 0 aliphatic carbocycles. The van der Waals surface area contributed by atoms with Crippen LogP contribution in [0.5, 0.6) is 5.75 Å². The molecule has 1 atom stereocenters. The summed E-state index contributed by atoms with van der Waals surface area (Å²) in [5.74, 6) is 0.885. The lowest BCUT2D eigenvalue weighted by Gasteiger charge is -2.13. The van der Waals surface area contributed by atoms with Gasteiger partial charge in [0, 0.05) is 10.5 Å². The topological polar surface area (TPSA) is 35.2 Å². The van der Waals surface area contributed by atoms with Crippen molar-refractivity contribution < 1.29 is 4.74 Å². The second-order valence-electron chi connectivity index (χ2n) is 4.90. The van der Waals surface area contributed by atoms with Crippen LogP contribution in [0.3, 0.4) is 0 Å². The molecule has 2 aromatic carbocycles. The minimum Gasteiger partial charge on any atom is -0.489 e. The molecule has 2 N–H and O–H groups in total. The van der Waals surface area contributed by atoms with E-state index in [-0.39, 0.29) is 6.04 Å². The number of hydrogen-bond donors (Lipinski definition) is 1. The molecule has 0 bridgehead atoms. The molecule has 20 heavy (non-hydrogen) atoms. The molecule has 0 aliphatic heterocycles. The molecular formula is C17H20BrNO.